The topological polar surface area (TPSA) is 80.0 Å². The number of hydrogen-bond acceptors (Lipinski definition) is 7. The Morgan fingerprint density at radius 1 is 1.29 bits per heavy atom. The molecule has 0 saturated carbocycles. The molecule has 1 aliphatic rings. The predicted molar refractivity (Wildman–Crippen MR) is 88.3 cm³/mol. The molecular weight excluding hydrogens is 335 g/mol. The number of piperazine rings is 1. The molecule has 1 fully saturated rings. The minimum Gasteiger partial charge on any atom is -0.334 e. The Balaban J connectivity index is 0.00000169. The molecule has 0 amide bonds. The van der Waals surface area contributed by atoms with Crippen LogP contribution in [0.2, 0.25) is 0 Å². The standard InChI is InChI=1S/C15H15FN6O.ClH/c1-22-5-4-17-8-12(22)14-20-15(23-21-14)10-6-9(16)7-11-13(10)19-3-2-18-11;/h2-3,6-7,12,17H,4-5,8H2,1H3;1H. The van der Waals surface area contributed by atoms with Gasteiger partial charge in [0.15, 0.2) is 5.82 Å². The fraction of sp³-hybridized carbons (Fsp3) is 0.333. The number of nitrogens with zero attached hydrogens (tertiary/aromatic N) is 5. The van der Waals surface area contributed by atoms with Gasteiger partial charge in [0, 0.05) is 38.1 Å². The highest BCUT2D eigenvalue weighted by Gasteiger charge is 2.26. The Bertz CT molecular complexity index is 857. The summed E-state index contributed by atoms with van der Waals surface area (Å²) in [5.41, 5.74) is 1.45. The third-order valence-corrected chi connectivity index (χ3v) is 4.02. The van der Waals surface area contributed by atoms with Crippen molar-refractivity contribution in [2.75, 3.05) is 26.7 Å². The van der Waals surface area contributed by atoms with Crippen molar-refractivity contribution < 1.29 is 8.91 Å². The van der Waals surface area contributed by atoms with Gasteiger partial charge in [-0.3, -0.25) is 14.9 Å². The van der Waals surface area contributed by atoms with Crippen LogP contribution in [0.25, 0.3) is 22.5 Å². The molecule has 1 aliphatic heterocycles. The van der Waals surface area contributed by atoms with Gasteiger partial charge in [-0.2, -0.15) is 4.98 Å². The lowest BCUT2D eigenvalue weighted by atomic mass is 10.1. The summed E-state index contributed by atoms with van der Waals surface area (Å²) in [6.07, 6.45) is 3.08. The highest BCUT2D eigenvalue weighted by molar-refractivity contribution is 5.88. The Kier molecular flexibility index (Phi) is 4.70. The molecule has 0 bridgehead atoms. The largest absolute Gasteiger partial charge is 0.334 e. The van der Waals surface area contributed by atoms with Crippen LogP contribution >= 0.6 is 12.4 Å². The van der Waals surface area contributed by atoms with Gasteiger partial charge in [-0.25, -0.2) is 4.39 Å². The molecular formula is C15H16ClFN6O. The second-order valence-electron chi connectivity index (χ2n) is 5.54. The van der Waals surface area contributed by atoms with Gasteiger partial charge in [0.1, 0.15) is 11.3 Å². The number of benzene rings is 1. The molecule has 0 aliphatic carbocycles. The molecule has 1 saturated heterocycles. The van der Waals surface area contributed by atoms with Crippen LogP contribution in [0.4, 0.5) is 4.39 Å². The van der Waals surface area contributed by atoms with E-state index in [0.29, 0.717) is 22.4 Å². The number of halogens is 2. The Hall–Kier alpha value is -2.16. The molecule has 9 heteroatoms. The highest BCUT2D eigenvalue weighted by atomic mass is 35.5. The first-order valence-corrected chi connectivity index (χ1v) is 7.37. The molecule has 3 heterocycles. The number of fused-ring (bicyclic) bond motifs is 1. The lowest BCUT2D eigenvalue weighted by molar-refractivity contribution is 0.190. The van der Waals surface area contributed by atoms with E-state index >= 15 is 0 Å². The molecule has 1 atom stereocenters. The van der Waals surface area contributed by atoms with Crippen molar-refractivity contribution >= 4 is 23.4 Å². The minimum absolute atomic E-state index is 0. The number of hydrogen-bond donors (Lipinski definition) is 1. The zero-order valence-corrected chi connectivity index (χ0v) is 13.8. The van der Waals surface area contributed by atoms with Gasteiger partial charge >= 0.3 is 0 Å². The zero-order valence-electron chi connectivity index (χ0n) is 12.9. The van der Waals surface area contributed by atoms with E-state index in [-0.39, 0.29) is 24.3 Å². The van der Waals surface area contributed by atoms with Crippen LogP contribution in [0.3, 0.4) is 0 Å². The van der Waals surface area contributed by atoms with Gasteiger partial charge in [0.05, 0.1) is 17.1 Å². The second kappa shape index (κ2) is 6.76. The van der Waals surface area contributed by atoms with Crippen molar-refractivity contribution in [1.29, 1.82) is 0 Å². The van der Waals surface area contributed by atoms with Gasteiger partial charge in [-0.05, 0) is 13.1 Å². The van der Waals surface area contributed by atoms with Crippen LogP contribution in [0.1, 0.15) is 11.9 Å². The summed E-state index contributed by atoms with van der Waals surface area (Å²) in [7, 11) is 2.02. The fourth-order valence-electron chi connectivity index (χ4n) is 2.78. The molecule has 2 aromatic heterocycles. The molecule has 0 spiro atoms. The highest BCUT2D eigenvalue weighted by Crippen LogP contribution is 2.28. The maximum absolute atomic E-state index is 13.8. The minimum atomic E-state index is -0.413. The lowest BCUT2D eigenvalue weighted by Crippen LogP contribution is -2.44. The molecule has 1 aromatic carbocycles. The maximum Gasteiger partial charge on any atom is 0.260 e. The van der Waals surface area contributed by atoms with Crippen LogP contribution < -0.4 is 5.32 Å². The van der Waals surface area contributed by atoms with Crippen molar-refractivity contribution in [3.8, 4) is 11.5 Å². The number of rotatable bonds is 2. The summed E-state index contributed by atoms with van der Waals surface area (Å²) in [5.74, 6) is 0.421. The Morgan fingerprint density at radius 3 is 2.96 bits per heavy atom. The third kappa shape index (κ3) is 2.95. The molecule has 24 heavy (non-hydrogen) atoms. The van der Waals surface area contributed by atoms with Gasteiger partial charge in [-0.1, -0.05) is 5.16 Å². The van der Waals surface area contributed by atoms with E-state index in [1.807, 2.05) is 7.05 Å². The van der Waals surface area contributed by atoms with Crippen molar-refractivity contribution in [1.82, 2.24) is 30.3 Å². The molecule has 3 aromatic rings. The van der Waals surface area contributed by atoms with Gasteiger partial charge in [0.2, 0.25) is 0 Å². The summed E-state index contributed by atoms with van der Waals surface area (Å²) in [6.45, 7) is 2.59. The van der Waals surface area contributed by atoms with E-state index in [9.17, 15) is 4.39 Å². The molecule has 126 valence electrons. The molecule has 1 N–H and O–H groups in total. The van der Waals surface area contributed by atoms with E-state index in [4.69, 9.17) is 4.52 Å². The quantitative estimate of drug-likeness (QED) is 0.755. The predicted octanol–water partition coefficient (Wildman–Crippen LogP) is 1.82. The van der Waals surface area contributed by atoms with E-state index < -0.39 is 5.82 Å². The summed E-state index contributed by atoms with van der Waals surface area (Å²) in [6, 6.07) is 2.71. The number of aromatic nitrogens is 4. The van der Waals surface area contributed by atoms with Crippen molar-refractivity contribution in [3.63, 3.8) is 0 Å². The van der Waals surface area contributed by atoms with Crippen LogP contribution in [-0.2, 0) is 0 Å². The number of nitrogens with one attached hydrogen (secondary N) is 1. The normalized spacial score (nSPS) is 18.5. The summed E-state index contributed by atoms with van der Waals surface area (Å²) in [5, 5.41) is 7.37. The van der Waals surface area contributed by atoms with Gasteiger partial charge < -0.3 is 9.84 Å². The summed E-state index contributed by atoms with van der Waals surface area (Å²) in [4.78, 5) is 15.0. The maximum atomic E-state index is 13.8. The Morgan fingerprint density at radius 2 is 2.12 bits per heavy atom. The summed E-state index contributed by atoms with van der Waals surface area (Å²) < 4.78 is 19.2. The van der Waals surface area contributed by atoms with E-state index in [1.54, 1.807) is 6.20 Å². The first-order valence-electron chi connectivity index (χ1n) is 7.37. The van der Waals surface area contributed by atoms with E-state index in [0.717, 1.165) is 19.6 Å². The van der Waals surface area contributed by atoms with Gasteiger partial charge in [-0.15, -0.1) is 12.4 Å². The first-order chi connectivity index (χ1) is 11.2. The van der Waals surface area contributed by atoms with Crippen molar-refractivity contribution in [2.24, 2.45) is 0 Å². The SMILES string of the molecule is CN1CCNCC1c1noc(-c2cc(F)cc3nccnc23)n1.Cl. The number of likely N-dealkylation sites (N-methyl/N-ethyl adjacent to an activating group) is 1. The van der Waals surface area contributed by atoms with Crippen molar-refractivity contribution in [2.45, 2.75) is 6.04 Å². The lowest BCUT2D eigenvalue weighted by Gasteiger charge is -2.30. The van der Waals surface area contributed by atoms with Crippen LogP contribution in [0, 0.1) is 5.82 Å². The van der Waals surface area contributed by atoms with Gasteiger partial charge in [0.25, 0.3) is 5.89 Å². The second-order valence-corrected chi connectivity index (χ2v) is 5.54. The smallest absolute Gasteiger partial charge is 0.260 e. The molecule has 0 radical (unpaired) electrons. The van der Waals surface area contributed by atoms with E-state index in [2.05, 4.69) is 30.3 Å². The fourth-order valence-corrected chi connectivity index (χ4v) is 2.78. The Labute approximate surface area is 143 Å². The van der Waals surface area contributed by atoms with Crippen LogP contribution in [-0.4, -0.2) is 51.7 Å². The molecule has 7 nitrogen and oxygen atoms in total. The van der Waals surface area contributed by atoms with Crippen LogP contribution in [0.5, 0.6) is 0 Å². The summed E-state index contributed by atoms with van der Waals surface area (Å²) >= 11 is 0. The monoisotopic (exact) mass is 350 g/mol. The van der Waals surface area contributed by atoms with Crippen LogP contribution in [0.15, 0.2) is 29.0 Å². The van der Waals surface area contributed by atoms with Crippen molar-refractivity contribution in [3.05, 3.63) is 36.2 Å². The first kappa shape index (κ1) is 16.7. The average molecular weight is 351 g/mol. The third-order valence-electron chi connectivity index (χ3n) is 4.02. The van der Waals surface area contributed by atoms with E-state index in [1.165, 1.54) is 18.3 Å². The molecule has 1 unspecified atom stereocenters. The molecule has 4 rings (SSSR count). The zero-order chi connectivity index (χ0) is 15.8. The average Bonchev–Trinajstić information content (AvgIpc) is 3.04.